The van der Waals surface area contributed by atoms with Crippen LogP contribution in [0.2, 0.25) is 0 Å². The molecule has 0 spiro atoms. The number of allylic oxidation sites excluding steroid dienone is 1. The van der Waals surface area contributed by atoms with Crippen LogP contribution in [0.15, 0.2) is 42.6 Å². The van der Waals surface area contributed by atoms with Crippen molar-refractivity contribution in [1.29, 1.82) is 10.7 Å². The Morgan fingerprint density at radius 2 is 2.14 bits per heavy atom. The molecule has 0 radical (unpaired) electrons. The average molecular weight is 532 g/mol. The predicted molar refractivity (Wildman–Crippen MR) is 134 cm³/mol. The van der Waals surface area contributed by atoms with Crippen LogP contribution in [-0.4, -0.2) is 48.4 Å². The molecule has 1 aromatic carbocycles. The molecule has 0 saturated carbocycles. The molecule has 3 N–H and O–H groups in total. The van der Waals surface area contributed by atoms with E-state index in [1.807, 2.05) is 0 Å². The highest BCUT2D eigenvalue weighted by Crippen LogP contribution is 2.42. The third kappa shape index (κ3) is 5.60. The van der Waals surface area contributed by atoms with Gasteiger partial charge in [-0.2, -0.15) is 18.4 Å². The summed E-state index contributed by atoms with van der Waals surface area (Å²) in [5.41, 5.74) is -1.77. The monoisotopic (exact) mass is 531 g/mol. The minimum absolute atomic E-state index is 0.0835. The van der Waals surface area contributed by atoms with Crippen molar-refractivity contribution in [3.8, 4) is 6.07 Å². The van der Waals surface area contributed by atoms with Crippen molar-refractivity contribution in [2.45, 2.75) is 38.0 Å². The Morgan fingerprint density at radius 1 is 1.38 bits per heavy atom. The third-order valence-corrected chi connectivity index (χ3v) is 7.44. The number of halogens is 4. The van der Waals surface area contributed by atoms with E-state index in [0.29, 0.717) is 10.4 Å². The van der Waals surface area contributed by atoms with Gasteiger partial charge in [0, 0.05) is 53.3 Å². The van der Waals surface area contributed by atoms with Crippen LogP contribution in [0, 0.1) is 22.6 Å². The van der Waals surface area contributed by atoms with E-state index in [4.69, 9.17) is 5.41 Å². The molecule has 1 fully saturated rings. The third-order valence-electron chi connectivity index (χ3n) is 6.40. The first-order chi connectivity index (χ1) is 17.6. The van der Waals surface area contributed by atoms with Crippen molar-refractivity contribution in [2.24, 2.45) is 0 Å². The van der Waals surface area contributed by atoms with Gasteiger partial charge in [0.1, 0.15) is 22.5 Å². The topological polar surface area (TPSA) is 92.0 Å². The largest absolute Gasteiger partial charge is 0.433 e. The van der Waals surface area contributed by atoms with Crippen LogP contribution in [0.4, 0.5) is 17.6 Å². The van der Waals surface area contributed by atoms with Crippen molar-refractivity contribution in [3.05, 3.63) is 74.9 Å². The van der Waals surface area contributed by atoms with Crippen LogP contribution in [0.3, 0.4) is 0 Å². The molecule has 2 aliphatic heterocycles. The number of thiophene rings is 1. The Labute approximate surface area is 215 Å². The lowest BCUT2D eigenvalue weighted by Gasteiger charge is -2.34. The molecule has 1 amide bonds. The van der Waals surface area contributed by atoms with Crippen LogP contribution in [0.5, 0.6) is 0 Å². The summed E-state index contributed by atoms with van der Waals surface area (Å²) in [7, 11) is 0. The number of nitrogens with zero attached hydrogens (tertiary/aromatic N) is 2. The molecule has 1 saturated heterocycles. The molecule has 1 aromatic heterocycles. The molecule has 37 heavy (non-hydrogen) atoms. The summed E-state index contributed by atoms with van der Waals surface area (Å²) in [6, 6.07) is 7.82. The van der Waals surface area contributed by atoms with E-state index < -0.39 is 29.2 Å². The average Bonchev–Trinajstić information content (AvgIpc) is 3.26. The molecule has 11 heteroatoms. The van der Waals surface area contributed by atoms with Gasteiger partial charge in [0.15, 0.2) is 0 Å². The van der Waals surface area contributed by atoms with E-state index in [1.54, 1.807) is 24.0 Å². The molecule has 0 unspecified atom stereocenters. The van der Waals surface area contributed by atoms with Gasteiger partial charge in [0.05, 0.1) is 6.54 Å². The molecule has 194 valence electrons. The van der Waals surface area contributed by atoms with Gasteiger partial charge in [-0.25, -0.2) is 4.39 Å². The first-order valence-corrected chi connectivity index (χ1v) is 12.6. The maximum atomic E-state index is 15.3. The molecule has 2 aliphatic rings. The Morgan fingerprint density at radius 3 is 2.76 bits per heavy atom. The van der Waals surface area contributed by atoms with Crippen molar-refractivity contribution < 1.29 is 22.4 Å². The quantitative estimate of drug-likeness (QED) is 0.275. The highest BCUT2D eigenvalue weighted by atomic mass is 32.1. The zero-order chi connectivity index (χ0) is 26.7. The SMILES string of the molecule is CCN/C=C(\C(=N)C(F)(F)F)c1c(F)cccc1[C@@H]1CN(C(=O)/C=C/[C@@H]2CCN2)Cc2sc(C#N)cc21. The zero-order valence-corrected chi connectivity index (χ0v) is 20.8. The smallest absolute Gasteiger partial charge is 0.391 e. The van der Waals surface area contributed by atoms with Gasteiger partial charge >= 0.3 is 6.18 Å². The lowest BCUT2D eigenvalue weighted by molar-refractivity contribution is -0.127. The first kappa shape index (κ1) is 26.6. The summed E-state index contributed by atoms with van der Waals surface area (Å²) in [6.07, 6.45) is 0.178. The van der Waals surface area contributed by atoms with Crippen molar-refractivity contribution in [1.82, 2.24) is 15.5 Å². The Balaban J connectivity index is 1.81. The molecular weight excluding hydrogens is 506 g/mol. The number of carbonyl (C=O) groups excluding carboxylic acids is 1. The number of nitriles is 1. The fourth-order valence-corrected chi connectivity index (χ4v) is 5.46. The number of hydrogen-bond donors (Lipinski definition) is 3. The van der Waals surface area contributed by atoms with Gasteiger partial charge in [0.25, 0.3) is 0 Å². The summed E-state index contributed by atoms with van der Waals surface area (Å²) >= 11 is 1.20. The van der Waals surface area contributed by atoms with Crippen molar-refractivity contribution in [2.75, 3.05) is 19.6 Å². The highest BCUT2D eigenvalue weighted by Gasteiger charge is 2.40. The number of nitrogens with one attached hydrogen (secondary N) is 3. The van der Waals surface area contributed by atoms with E-state index in [2.05, 4.69) is 16.7 Å². The number of amides is 1. The molecule has 4 rings (SSSR count). The van der Waals surface area contributed by atoms with E-state index >= 15 is 4.39 Å². The van der Waals surface area contributed by atoms with Crippen LogP contribution in [-0.2, 0) is 11.3 Å². The van der Waals surface area contributed by atoms with Crippen LogP contribution < -0.4 is 10.6 Å². The van der Waals surface area contributed by atoms with Gasteiger partial charge in [-0.05, 0) is 43.1 Å². The number of rotatable bonds is 7. The van der Waals surface area contributed by atoms with E-state index in [1.165, 1.54) is 29.5 Å². The second-order valence-corrected chi connectivity index (χ2v) is 9.91. The fraction of sp³-hybridized carbons (Fsp3) is 0.346. The van der Waals surface area contributed by atoms with Crippen LogP contribution in [0.1, 0.15) is 45.7 Å². The molecule has 0 bridgehead atoms. The fourth-order valence-electron chi connectivity index (χ4n) is 4.43. The lowest BCUT2D eigenvalue weighted by atomic mass is 9.82. The van der Waals surface area contributed by atoms with E-state index in [9.17, 15) is 23.2 Å². The van der Waals surface area contributed by atoms with Crippen LogP contribution in [0.25, 0.3) is 5.57 Å². The van der Waals surface area contributed by atoms with Gasteiger partial charge in [-0.15, -0.1) is 11.3 Å². The molecule has 6 nitrogen and oxygen atoms in total. The Hall–Kier alpha value is -3.49. The van der Waals surface area contributed by atoms with E-state index in [-0.39, 0.29) is 42.7 Å². The second kappa shape index (κ2) is 10.9. The zero-order valence-electron chi connectivity index (χ0n) is 20.0. The maximum Gasteiger partial charge on any atom is 0.433 e. The lowest BCUT2D eigenvalue weighted by Crippen LogP contribution is -2.42. The predicted octanol–water partition coefficient (Wildman–Crippen LogP) is 4.68. The first-order valence-electron chi connectivity index (χ1n) is 11.8. The molecule has 2 aromatic rings. The second-order valence-electron chi connectivity index (χ2n) is 8.77. The van der Waals surface area contributed by atoms with Gasteiger partial charge < -0.3 is 15.5 Å². The number of alkyl halides is 3. The molecule has 3 heterocycles. The Bertz CT molecular complexity index is 1300. The molecule has 2 atom stereocenters. The summed E-state index contributed by atoms with van der Waals surface area (Å²) < 4.78 is 56.2. The van der Waals surface area contributed by atoms with Gasteiger partial charge in [-0.3, -0.25) is 10.2 Å². The summed E-state index contributed by atoms with van der Waals surface area (Å²) in [5.74, 6) is -1.88. The van der Waals surface area contributed by atoms with Gasteiger partial charge in [-0.1, -0.05) is 18.2 Å². The minimum atomic E-state index is -5.00. The standard InChI is InChI=1S/C26H25F4N5OS/c1-2-33-12-19(25(32)26(28,29)30)24-17(4-3-5-21(24)27)20-13-35(23(36)7-6-15-8-9-34-15)14-22-18(20)10-16(11-31)37-22/h3-7,10,12,15,20,32-34H,2,8-9,13-14H2,1H3/b7-6+,19-12-,32-25?/t15-,20+/m1/s1. The number of fused-ring (bicyclic) bond motifs is 1. The van der Waals surface area contributed by atoms with E-state index in [0.717, 1.165) is 30.1 Å². The normalized spacial score (nSPS) is 19.8. The summed E-state index contributed by atoms with van der Waals surface area (Å²) in [6.45, 7) is 3.14. The molecular formula is C26H25F4N5OS. The number of carbonyl (C=O) groups is 1. The Kier molecular flexibility index (Phi) is 7.80. The molecule has 0 aliphatic carbocycles. The van der Waals surface area contributed by atoms with Crippen molar-refractivity contribution >= 4 is 28.5 Å². The minimum Gasteiger partial charge on any atom is -0.391 e. The number of hydrogen-bond acceptors (Lipinski definition) is 6. The van der Waals surface area contributed by atoms with Crippen LogP contribution >= 0.6 is 11.3 Å². The van der Waals surface area contributed by atoms with Gasteiger partial charge in [0.2, 0.25) is 5.91 Å². The van der Waals surface area contributed by atoms with Crippen molar-refractivity contribution in [3.63, 3.8) is 0 Å². The highest BCUT2D eigenvalue weighted by molar-refractivity contribution is 7.12. The maximum absolute atomic E-state index is 15.3. The summed E-state index contributed by atoms with van der Waals surface area (Å²) in [4.78, 5) is 15.7. The summed E-state index contributed by atoms with van der Waals surface area (Å²) in [5, 5.41) is 23.1. The number of benzene rings is 1.